The SMILES string of the molecule is Cn1c(=NN=Cc2ccc[n+](CCO)c2)sc2ccccc21. The highest BCUT2D eigenvalue weighted by molar-refractivity contribution is 7.16. The number of aryl methyl sites for hydroxylation is 1. The molecule has 0 amide bonds. The Labute approximate surface area is 132 Å². The van der Waals surface area contributed by atoms with Crippen molar-refractivity contribution in [3.8, 4) is 0 Å². The number of hydrogen-bond acceptors (Lipinski definition) is 4. The molecule has 5 nitrogen and oxygen atoms in total. The van der Waals surface area contributed by atoms with E-state index in [-0.39, 0.29) is 6.61 Å². The van der Waals surface area contributed by atoms with Crippen molar-refractivity contribution in [3.63, 3.8) is 0 Å². The van der Waals surface area contributed by atoms with E-state index in [2.05, 4.69) is 22.3 Å². The van der Waals surface area contributed by atoms with E-state index < -0.39 is 0 Å². The molecule has 2 heterocycles. The van der Waals surface area contributed by atoms with Crippen LogP contribution in [0.5, 0.6) is 0 Å². The predicted molar refractivity (Wildman–Crippen MR) is 87.7 cm³/mol. The highest BCUT2D eigenvalue weighted by Gasteiger charge is 2.01. The van der Waals surface area contributed by atoms with Crippen LogP contribution in [0.15, 0.2) is 59.0 Å². The van der Waals surface area contributed by atoms with Crippen LogP contribution >= 0.6 is 11.3 Å². The van der Waals surface area contributed by atoms with Crippen LogP contribution in [0.1, 0.15) is 5.56 Å². The molecule has 0 radical (unpaired) electrons. The number of para-hydroxylation sites is 1. The van der Waals surface area contributed by atoms with Crippen LogP contribution < -0.4 is 9.37 Å². The fraction of sp³-hybridized carbons (Fsp3) is 0.188. The Morgan fingerprint density at radius 3 is 2.95 bits per heavy atom. The summed E-state index contributed by atoms with van der Waals surface area (Å²) in [5.74, 6) is 0. The van der Waals surface area contributed by atoms with E-state index in [4.69, 9.17) is 5.11 Å². The summed E-state index contributed by atoms with van der Waals surface area (Å²) in [5.41, 5.74) is 2.10. The van der Waals surface area contributed by atoms with Gasteiger partial charge in [-0.1, -0.05) is 23.5 Å². The van der Waals surface area contributed by atoms with E-state index in [9.17, 15) is 0 Å². The Morgan fingerprint density at radius 2 is 2.14 bits per heavy atom. The quantitative estimate of drug-likeness (QED) is 0.442. The van der Waals surface area contributed by atoms with Crippen LogP contribution in [0.3, 0.4) is 0 Å². The third-order valence-corrected chi connectivity index (χ3v) is 4.41. The Bertz CT molecular complexity index is 879. The Morgan fingerprint density at radius 1 is 1.27 bits per heavy atom. The van der Waals surface area contributed by atoms with Crippen LogP contribution in [-0.2, 0) is 13.6 Å². The first-order valence-corrected chi connectivity index (χ1v) is 7.81. The third kappa shape index (κ3) is 3.13. The molecule has 0 unspecified atom stereocenters. The summed E-state index contributed by atoms with van der Waals surface area (Å²) in [6.45, 7) is 0.692. The van der Waals surface area contributed by atoms with Crippen molar-refractivity contribution in [1.29, 1.82) is 0 Å². The van der Waals surface area contributed by atoms with E-state index in [0.717, 1.165) is 15.9 Å². The van der Waals surface area contributed by atoms with E-state index in [1.807, 2.05) is 52.8 Å². The standard InChI is InChI=1S/C16H17N4OS/c1-19-14-6-2-3-7-15(14)22-16(19)18-17-11-13-5-4-8-20(12-13)9-10-21/h2-8,11-12,21H,9-10H2,1H3/q+1. The molecule has 0 fully saturated rings. The van der Waals surface area contributed by atoms with Gasteiger partial charge in [0.25, 0.3) is 0 Å². The molecule has 0 aliphatic heterocycles. The van der Waals surface area contributed by atoms with Crippen molar-refractivity contribution in [2.75, 3.05) is 6.61 Å². The van der Waals surface area contributed by atoms with Gasteiger partial charge in [0.05, 0.1) is 22.0 Å². The van der Waals surface area contributed by atoms with E-state index in [1.54, 1.807) is 17.6 Å². The Kier molecular flexibility index (Phi) is 4.41. The molecule has 0 atom stereocenters. The smallest absolute Gasteiger partial charge is 0.211 e. The number of aliphatic hydroxyl groups excluding tert-OH is 1. The number of fused-ring (bicyclic) bond motifs is 1. The predicted octanol–water partition coefficient (Wildman–Crippen LogP) is 1.45. The second-order valence-electron chi connectivity index (χ2n) is 4.85. The van der Waals surface area contributed by atoms with Gasteiger partial charge in [-0.2, -0.15) is 5.10 Å². The normalized spacial score (nSPS) is 12.5. The summed E-state index contributed by atoms with van der Waals surface area (Å²) >= 11 is 1.61. The van der Waals surface area contributed by atoms with Gasteiger partial charge in [-0.15, -0.1) is 5.10 Å². The summed E-state index contributed by atoms with van der Waals surface area (Å²) in [4.78, 5) is 0.858. The largest absolute Gasteiger partial charge is 0.390 e. The maximum Gasteiger partial charge on any atom is 0.211 e. The molecule has 0 saturated carbocycles. The number of aromatic nitrogens is 2. The molecule has 1 N–H and O–H groups in total. The monoisotopic (exact) mass is 313 g/mol. The highest BCUT2D eigenvalue weighted by atomic mass is 32.1. The number of thiazole rings is 1. The van der Waals surface area contributed by atoms with Gasteiger partial charge in [0.2, 0.25) is 4.80 Å². The average Bonchev–Trinajstić information content (AvgIpc) is 2.85. The number of aliphatic hydroxyl groups is 1. The fourth-order valence-corrected chi connectivity index (χ4v) is 3.17. The van der Waals surface area contributed by atoms with Crippen molar-refractivity contribution in [2.24, 2.45) is 17.3 Å². The number of hydrogen-bond donors (Lipinski definition) is 1. The second-order valence-corrected chi connectivity index (χ2v) is 5.86. The van der Waals surface area contributed by atoms with Crippen LogP contribution in [0.4, 0.5) is 0 Å². The van der Waals surface area contributed by atoms with Gasteiger partial charge in [-0.3, -0.25) is 0 Å². The molecule has 0 saturated heterocycles. The van der Waals surface area contributed by atoms with Crippen molar-refractivity contribution >= 4 is 27.8 Å². The zero-order valence-corrected chi connectivity index (χ0v) is 13.1. The summed E-state index contributed by atoms with van der Waals surface area (Å²) < 4.78 is 5.15. The molecule has 2 aromatic heterocycles. The van der Waals surface area contributed by atoms with Crippen molar-refractivity contribution < 1.29 is 9.67 Å². The molecule has 112 valence electrons. The maximum absolute atomic E-state index is 8.96. The van der Waals surface area contributed by atoms with E-state index in [1.165, 1.54) is 4.70 Å². The van der Waals surface area contributed by atoms with Gasteiger partial charge >= 0.3 is 0 Å². The minimum atomic E-state index is 0.118. The zero-order chi connectivity index (χ0) is 15.4. The first-order valence-electron chi connectivity index (χ1n) is 6.99. The van der Waals surface area contributed by atoms with Crippen molar-refractivity contribution in [3.05, 3.63) is 59.2 Å². The lowest BCUT2D eigenvalue weighted by Crippen LogP contribution is -2.34. The summed E-state index contributed by atoms with van der Waals surface area (Å²) in [6.07, 6.45) is 5.56. The number of pyridine rings is 1. The number of nitrogens with zero attached hydrogens (tertiary/aromatic N) is 4. The first-order chi connectivity index (χ1) is 10.8. The lowest BCUT2D eigenvalue weighted by molar-refractivity contribution is -0.698. The average molecular weight is 313 g/mol. The highest BCUT2D eigenvalue weighted by Crippen LogP contribution is 2.14. The first kappa shape index (κ1) is 14.6. The minimum Gasteiger partial charge on any atom is -0.390 e. The van der Waals surface area contributed by atoms with Crippen molar-refractivity contribution in [1.82, 2.24) is 4.57 Å². The molecule has 0 aliphatic rings. The van der Waals surface area contributed by atoms with Crippen LogP contribution in [-0.4, -0.2) is 22.5 Å². The van der Waals surface area contributed by atoms with Gasteiger partial charge in [-0.25, -0.2) is 4.57 Å². The molecule has 3 rings (SSSR count). The van der Waals surface area contributed by atoms with E-state index >= 15 is 0 Å². The van der Waals surface area contributed by atoms with E-state index in [0.29, 0.717) is 6.54 Å². The minimum absolute atomic E-state index is 0.118. The van der Waals surface area contributed by atoms with Gasteiger partial charge in [-0.05, 0) is 18.2 Å². The lowest BCUT2D eigenvalue weighted by Gasteiger charge is -1.94. The third-order valence-electron chi connectivity index (χ3n) is 3.30. The molecule has 6 heteroatoms. The lowest BCUT2D eigenvalue weighted by atomic mass is 10.3. The molecule has 0 spiro atoms. The van der Waals surface area contributed by atoms with Gasteiger partial charge in [0.1, 0.15) is 6.61 Å². The Hall–Kier alpha value is -2.31. The Balaban J connectivity index is 1.89. The maximum atomic E-state index is 8.96. The fourth-order valence-electron chi connectivity index (χ4n) is 2.20. The molecule has 1 aromatic carbocycles. The number of benzene rings is 1. The molecule has 0 aliphatic carbocycles. The summed E-state index contributed by atoms with van der Waals surface area (Å²) in [7, 11) is 1.99. The van der Waals surface area contributed by atoms with Crippen LogP contribution in [0, 0.1) is 0 Å². The number of rotatable bonds is 4. The molecule has 22 heavy (non-hydrogen) atoms. The second kappa shape index (κ2) is 6.64. The molecular weight excluding hydrogens is 296 g/mol. The summed E-state index contributed by atoms with van der Waals surface area (Å²) in [5, 5.41) is 17.4. The zero-order valence-electron chi connectivity index (χ0n) is 12.3. The molecular formula is C16H17N4OS+. The van der Waals surface area contributed by atoms with Gasteiger partial charge in [0.15, 0.2) is 18.9 Å². The molecule has 3 aromatic rings. The summed E-state index contributed by atoms with van der Waals surface area (Å²) in [6, 6.07) is 12.1. The molecule has 0 bridgehead atoms. The van der Waals surface area contributed by atoms with Crippen molar-refractivity contribution in [2.45, 2.75) is 6.54 Å². The van der Waals surface area contributed by atoms with Gasteiger partial charge < -0.3 is 9.67 Å². The van der Waals surface area contributed by atoms with Crippen LogP contribution in [0.25, 0.3) is 10.2 Å². The van der Waals surface area contributed by atoms with Gasteiger partial charge in [0, 0.05) is 13.1 Å². The van der Waals surface area contributed by atoms with Crippen LogP contribution in [0.2, 0.25) is 0 Å². The topological polar surface area (TPSA) is 53.8 Å².